The van der Waals surface area contributed by atoms with Gasteiger partial charge in [0.25, 0.3) is 0 Å². The highest BCUT2D eigenvalue weighted by Crippen LogP contribution is 2.26. The van der Waals surface area contributed by atoms with E-state index in [9.17, 15) is 0 Å². The molecule has 0 bridgehead atoms. The van der Waals surface area contributed by atoms with Crippen molar-refractivity contribution in [1.29, 1.82) is 0 Å². The summed E-state index contributed by atoms with van der Waals surface area (Å²) in [6.07, 6.45) is 1.81. The van der Waals surface area contributed by atoms with Crippen LogP contribution in [0.3, 0.4) is 0 Å². The molecule has 118 valence electrons. The normalized spacial score (nSPS) is 10.8. The Morgan fingerprint density at radius 3 is 2.65 bits per heavy atom. The van der Waals surface area contributed by atoms with Crippen molar-refractivity contribution in [2.45, 2.75) is 6.54 Å². The van der Waals surface area contributed by atoms with E-state index >= 15 is 0 Å². The van der Waals surface area contributed by atoms with Crippen LogP contribution in [0.25, 0.3) is 10.9 Å². The first-order chi connectivity index (χ1) is 11.1. The highest BCUT2D eigenvalue weighted by atomic mass is 79.9. The second-order valence-electron chi connectivity index (χ2n) is 5.20. The van der Waals surface area contributed by atoms with Crippen LogP contribution in [0.4, 0.5) is 5.82 Å². The minimum Gasteiger partial charge on any atom is -0.497 e. The summed E-state index contributed by atoms with van der Waals surface area (Å²) in [5.74, 6) is 1.70. The van der Waals surface area contributed by atoms with Crippen LogP contribution in [0.1, 0.15) is 5.56 Å². The Labute approximate surface area is 148 Å². The number of fused-ring (bicyclic) bond motifs is 1. The van der Waals surface area contributed by atoms with E-state index < -0.39 is 0 Å². The maximum absolute atomic E-state index is 6.07. The first-order valence-corrected chi connectivity index (χ1v) is 8.20. The third-order valence-corrected chi connectivity index (χ3v) is 4.69. The highest BCUT2D eigenvalue weighted by molar-refractivity contribution is 9.10. The van der Waals surface area contributed by atoms with E-state index in [2.05, 4.69) is 30.8 Å². The third-order valence-electron chi connectivity index (χ3n) is 3.57. The lowest BCUT2D eigenvalue weighted by Crippen LogP contribution is -2.17. The van der Waals surface area contributed by atoms with Gasteiger partial charge in [0.1, 0.15) is 16.7 Å². The summed E-state index contributed by atoms with van der Waals surface area (Å²) in [4.78, 5) is 11.0. The van der Waals surface area contributed by atoms with Gasteiger partial charge in [-0.15, -0.1) is 0 Å². The largest absolute Gasteiger partial charge is 0.497 e. The molecular weight excluding hydrogens is 378 g/mol. The number of halogens is 2. The Morgan fingerprint density at radius 1 is 1.22 bits per heavy atom. The lowest BCUT2D eigenvalue weighted by molar-refractivity contribution is 0.414. The van der Waals surface area contributed by atoms with Crippen LogP contribution >= 0.6 is 27.5 Å². The predicted octanol–water partition coefficient (Wildman–Crippen LogP) is 4.69. The van der Waals surface area contributed by atoms with Crippen LogP contribution in [0.15, 0.2) is 47.1 Å². The van der Waals surface area contributed by atoms with E-state index in [0.717, 1.165) is 33.5 Å². The Balaban J connectivity index is 1.84. The standard InChI is InChI=1S/C17H15BrClN3O/c1-22(10-11-3-5-13(23-2)6-4-11)16-8-15-12(9-20-16)7-14(18)17(19)21-15/h3-9H,10H2,1-2H3. The molecule has 2 aromatic heterocycles. The highest BCUT2D eigenvalue weighted by Gasteiger charge is 2.08. The number of aromatic nitrogens is 2. The molecule has 0 fully saturated rings. The molecule has 3 aromatic rings. The molecule has 23 heavy (non-hydrogen) atoms. The number of methoxy groups -OCH3 is 1. The quantitative estimate of drug-likeness (QED) is 0.604. The summed E-state index contributed by atoms with van der Waals surface area (Å²) >= 11 is 9.45. The summed E-state index contributed by atoms with van der Waals surface area (Å²) in [7, 11) is 3.66. The van der Waals surface area contributed by atoms with Crippen LogP contribution in [0.5, 0.6) is 5.75 Å². The minimum absolute atomic E-state index is 0.451. The van der Waals surface area contributed by atoms with E-state index in [0.29, 0.717) is 5.15 Å². The maximum Gasteiger partial charge on any atom is 0.143 e. The zero-order chi connectivity index (χ0) is 16.4. The lowest BCUT2D eigenvalue weighted by Gasteiger charge is -2.18. The van der Waals surface area contributed by atoms with Gasteiger partial charge in [0.2, 0.25) is 0 Å². The Kier molecular flexibility index (Phi) is 4.68. The Hall–Kier alpha value is -1.85. The Bertz CT molecular complexity index is 839. The molecule has 0 aliphatic heterocycles. The molecule has 1 aromatic carbocycles. The molecule has 0 radical (unpaired) electrons. The van der Waals surface area contributed by atoms with Gasteiger partial charge in [-0.2, -0.15) is 0 Å². The summed E-state index contributed by atoms with van der Waals surface area (Å²) in [5.41, 5.74) is 2.00. The summed E-state index contributed by atoms with van der Waals surface area (Å²) in [6, 6.07) is 11.9. The lowest BCUT2D eigenvalue weighted by atomic mass is 10.2. The molecule has 3 rings (SSSR count). The third kappa shape index (κ3) is 3.57. The molecule has 4 nitrogen and oxygen atoms in total. The van der Waals surface area contributed by atoms with Gasteiger partial charge in [0, 0.05) is 31.2 Å². The number of nitrogens with zero attached hydrogens (tertiary/aromatic N) is 3. The number of benzene rings is 1. The first kappa shape index (κ1) is 16.0. The van der Waals surface area contributed by atoms with Crippen LogP contribution in [0.2, 0.25) is 5.15 Å². The summed E-state index contributed by atoms with van der Waals surface area (Å²) in [5, 5.41) is 1.40. The fourth-order valence-electron chi connectivity index (χ4n) is 2.30. The first-order valence-electron chi connectivity index (χ1n) is 7.02. The minimum atomic E-state index is 0.451. The fourth-order valence-corrected chi connectivity index (χ4v) is 2.78. The zero-order valence-electron chi connectivity index (χ0n) is 12.8. The SMILES string of the molecule is COc1ccc(CN(C)c2cc3nc(Cl)c(Br)cc3cn2)cc1. The number of anilines is 1. The van der Waals surface area contributed by atoms with Gasteiger partial charge in [0.15, 0.2) is 0 Å². The van der Waals surface area contributed by atoms with Gasteiger partial charge in [-0.1, -0.05) is 23.7 Å². The van der Waals surface area contributed by atoms with E-state index in [1.54, 1.807) is 7.11 Å². The van der Waals surface area contributed by atoms with Gasteiger partial charge in [0.05, 0.1) is 17.1 Å². The van der Waals surface area contributed by atoms with Crippen molar-refractivity contribution < 1.29 is 4.74 Å². The van der Waals surface area contributed by atoms with Crippen molar-refractivity contribution in [3.05, 3.63) is 57.8 Å². The molecule has 2 heterocycles. The molecule has 0 atom stereocenters. The molecule has 0 aliphatic rings. The van der Waals surface area contributed by atoms with Crippen molar-refractivity contribution in [1.82, 2.24) is 9.97 Å². The monoisotopic (exact) mass is 391 g/mol. The van der Waals surface area contributed by atoms with Gasteiger partial charge in [-0.05, 0) is 39.7 Å². The molecular formula is C17H15BrClN3O. The van der Waals surface area contributed by atoms with Gasteiger partial charge in [-0.3, -0.25) is 0 Å². The molecule has 0 spiro atoms. The smallest absolute Gasteiger partial charge is 0.143 e. The molecule has 0 saturated heterocycles. The average molecular weight is 393 g/mol. The predicted molar refractivity (Wildman–Crippen MR) is 97.3 cm³/mol. The van der Waals surface area contributed by atoms with Gasteiger partial charge >= 0.3 is 0 Å². The number of hydrogen-bond donors (Lipinski definition) is 0. The molecule has 0 N–H and O–H groups in total. The topological polar surface area (TPSA) is 38.2 Å². The van der Waals surface area contributed by atoms with Crippen LogP contribution in [-0.2, 0) is 6.54 Å². The maximum atomic E-state index is 6.07. The van der Waals surface area contributed by atoms with E-state index in [1.807, 2.05) is 49.6 Å². The van der Waals surface area contributed by atoms with Gasteiger partial charge in [-0.25, -0.2) is 9.97 Å². The van der Waals surface area contributed by atoms with E-state index in [1.165, 1.54) is 5.56 Å². The van der Waals surface area contributed by atoms with Crippen LogP contribution in [-0.4, -0.2) is 24.1 Å². The van der Waals surface area contributed by atoms with E-state index in [-0.39, 0.29) is 0 Å². The van der Waals surface area contributed by atoms with Crippen LogP contribution < -0.4 is 9.64 Å². The molecule has 6 heteroatoms. The molecule has 0 aliphatic carbocycles. The van der Waals surface area contributed by atoms with Crippen molar-refractivity contribution in [3.8, 4) is 5.75 Å². The molecule has 0 unspecified atom stereocenters. The van der Waals surface area contributed by atoms with Gasteiger partial charge < -0.3 is 9.64 Å². The number of hydrogen-bond acceptors (Lipinski definition) is 4. The molecule has 0 saturated carbocycles. The van der Waals surface area contributed by atoms with E-state index in [4.69, 9.17) is 16.3 Å². The number of pyridine rings is 2. The second kappa shape index (κ2) is 6.72. The van der Waals surface area contributed by atoms with Crippen molar-refractivity contribution in [3.63, 3.8) is 0 Å². The second-order valence-corrected chi connectivity index (χ2v) is 6.41. The van der Waals surface area contributed by atoms with Crippen molar-refractivity contribution in [2.24, 2.45) is 0 Å². The summed E-state index contributed by atoms with van der Waals surface area (Å²) < 4.78 is 5.95. The fraction of sp³-hybridized carbons (Fsp3) is 0.176. The number of rotatable bonds is 4. The summed E-state index contributed by atoms with van der Waals surface area (Å²) in [6.45, 7) is 0.743. The van der Waals surface area contributed by atoms with Crippen LogP contribution in [0, 0.1) is 0 Å². The number of ether oxygens (including phenoxy) is 1. The molecule has 0 amide bonds. The van der Waals surface area contributed by atoms with Crippen molar-refractivity contribution >= 4 is 44.3 Å². The Morgan fingerprint density at radius 2 is 1.96 bits per heavy atom. The zero-order valence-corrected chi connectivity index (χ0v) is 15.1. The average Bonchev–Trinajstić information content (AvgIpc) is 2.56. The van der Waals surface area contributed by atoms with Crippen molar-refractivity contribution in [2.75, 3.05) is 19.1 Å².